The van der Waals surface area contributed by atoms with Crippen LogP contribution in [0.4, 0.5) is 0 Å². The van der Waals surface area contributed by atoms with Crippen LogP contribution in [0.3, 0.4) is 0 Å². The second-order valence-electron chi connectivity index (χ2n) is 4.46. The van der Waals surface area contributed by atoms with Crippen LogP contribution in [0.5, 0.6) is 0 Å². The Morgan fingerprint density at radius 1 is 1.56 bits per heavy atom. The predicted octanol–water partition coefficient (Wildman–Crippen LogP) is 3.48. The minimum atomic E-state index is 0.129. The number of hydrogen-bond donors (Lipinski definition) is 1. The van der Waals surface area contributed by atoms with E-state index >= 15 is 0 Å². The van der Waals surface area contributed by atoms with Crippen molar-refractivity contribution >= 4 is 27.3 Å². The van der Waals surface area contributed by atoms with Crippen molar-refractivity contribution in [2.45, 2.75) is 38.3 Å². The fourth-order valence-corrected chi connectivity index (χ4v) is 3.61. The van der Waals surface area contributed by atoms with Crippen molar-refractivity contribution in [3.8, 4) is 0 Å². The minimum Gasteiger partial charge on any atom is -0.377 e. The van der Waals surface area contributed by atoms with E-state index in [-0.39, 0.29) is 5.60 Å². The first-order valence-electron chi connectivity index (χ1n) is 5.66. The highest BCUT2D eigenvalue weighted by Gasteiger charge is 2.36. The first-order valence-corrected chi connectivity index (χ1v) is 7.27. The Morgan fingerprint density at radius 2 is 2.31 bits per heavy atom. The summed E-state index contributed by atoms with van der Waals surface area (Å²) in [6.07, 6.45) is 3.70. The SMILES string of the molecule is COC1(CNCc2cc(Br)c(C)s2)CCC1. The van der Waals surface area contributed by atoms with Crippen molar-refractivity contribution in [3.63, 3.8) is 0 Å². The van der Waals surface area contributed by atoms with Crippen LogP contribution in [0, 0.1) is 6.92 Å². The van der Waals surface area contributed by atoms with Gasteiger partial charge in [-0.05, 0) is 48.2 Å². The number of methoxy groups -OCH3 is 1. The molecular formula is C12H18BrNOS. The van der Waals surface area contributed by atoms with Gasteiger partial charge in [-0.15, -0.1) is 11.3 Å². The first kappa shape index (κ1) is 12.6. The lowest BCUT2D eigenvalue weighted by atomic mass is 9.80. The molecule has 90 valence electrons. The molecule has 1 aromatic rings. The zero-order chi connectivity index (χ0) is 11.6. The Hall–Kier alpha value is 0.1000. The quantitative estimate of drug-likeness (QED) is 0.899. The highest BCUT2D eigenvalue weighted by molar-refractivity contribution is 9.10. The molecule has 16 heavy (non-hydrogen) atoms. The average molecular weight is 304 g/mol. The molecule has 1 fully saturated rings. The molecule has 0 bridgehead atoms. The molecule has 1 aromatic heterocycles. The highest BCUT2D eigenvalue weighted by Crippen LogP contribution is 2.34. The number of aryl methyl sites for hydroxylation is 1. The summed E-state index contributed by atoms with van der Waals surface area (Å²) in [6.45, 7) is 4.06. The number of nitrogens with one attached hydrogen (secondary N) is 1. The largest absolute Gasteiger partial charge is 0.377 e. The second-order valence-corrected chi connectivity index (χ2v) is 6.66. The van der Waals surface area contributed by atoms with Gasteiger partial charge in [0.1, 0.15) is 0 Å². The zero-order valence-corrected chi connectivity index (χ0v) is 12.2. The molecule has 2 nitrogen and oxygen atoms in total. The molecule has 0 amide bonds. The fourth-order valence-electron chi connectivity index (χ4n) is 2.04. The van der Waals surface area contributed by atoms with Gasteiger partial charge < -0.3 is 10.1 Å². The molecule has 2 rings (SSSR count). The van der Waals surface area contributed by atoms with Crippen LogP contribution in [0.15, 0.2) is 10.5 Å². The number of hydrogen-bond acceptors (Lipinski definition) is 3. The Labute approximate surface area is 110 Å². The van der Waals surface area contributed by atoms with Crippen LogP contribution in [-0.2, 0) is 11.3 Å². The van der Waals surface area contributed by atoms with E-state index in [1.807, 2.05) is 18.4 Å². The number of halogens is 1. The molecule has 4 heteroatoms. The lowest BCUT2D eigenvalue weighted by molar-refractivity contribution is -0.0695. The van der Waals surface area contributed by atoms with Gasteiger partial charge >= 0.3 is 0 Å². The summed E-state index contributed by atoms with van der Waals surface area (Å²) < 4.78 is 6.79. The Bertz CT molecular complexity index is 335. The summed E-state index contributed by atoms with van der Waals surface area (Å²) in [5, 5.41) is 3.50. The maximum atomic E-state index is 5.57. The Balaban J connectivity index is 1.79. The van der Waals surface area contributed by atoms with Gasteiger partial charge in [0.15, 0.2) is 0 Å². The Kier molecular flexibility index (Phi) is 4.06. The molecule has 1 heterocycles. The van der Waals surface area contributed by atoms with Crippen LogP contribution in [-0.4, -0.2) is 19.3 Å². The van der Waals surface area contributed by atoms with Crippen LogP contribution >= 0.6 is 27.3 Å². The molecule has 1 saturated carbocycles. The van der Waals surface area contributed by atoms with E-state index in [0.717, 1.165) is 13.1 Å². The van der Waals surface area contributed by atoms with Crippen LogP contribution in [0.1, 0.15) is 29.0 Å². The van der Waals surface area contributed by atoms with Gasteiger partial charge in [-0.25, -0.2) is 0 Å². The van der Waals surface area contributed by atoms with Gasteiger partial charge in [0.05, 0.1) is 5.60 Å². The molecule has 0 aliphatic heterocycles. The normalized spacial score (nSPS) is 18.4. The van der Waals surface area contributed by atoms with Gasteiger partial charge in [-0.3, -0.25) is 0 Å². The Morgan fingerprint density at radius 3 is 2.75 bits per heavy atom. The number of thiophene rings is 1. The van der Waals surface area contributed by atoms with Gasteiger partial charge in [0, 0.05) is 34.4 Å². The fraction of sp³-hybridized carbons (Fsp3) is 0.667. The van der Waals surface area contributed by atoms with Crippen LogP contribution in [0.2, 0.25) is 0 Å². The third-order valence-corrected chi connectivity index (χ3v) is 5.49. The van der Waals surface area contributed by atoms with E-state index in [1.165, 1.54) is 33.5 Å². The summed E-state index contributed by atoms with van der Waals surface area (Å²) in [4.78, 5) is 2.73. The number of ether oxygens (including phenoxy) is 1. The van der Waals surface area contributed by atoms with E-state index in [9.17, 15) is 0 Å². The molecule has 0 saturated heterocycles. The zero-order valence-electron chi connectivity index (χ0n) is 9.81. The third-order valence-electron chi connectivity index (χ3n) is 3.35. The summed E-state index contributed by atoms with van der Waals surface area (Å²) in [6, 6.07) is 2.20. The van der Waals surface area contributed by atoms with E-state index < -0.39 is 0 Å². The molecule has 1 N–H and O–H groups in total. The highest BCUT2D eigenvalue weighted by atomic mass is 79.9. The summed E-state index contributed by atoms with van der Waals surface area (Å²) in [7, 11) is 1.83. The molecule has 0 unspecified atom stereocenters. The predicted molar refractivity (Wildman–Crippen MR) is 72.1 cm³/mol. The summed E-state index contributed by atoms with van der Waals surface area (Å²) >= 11 is 5.39. The maximum absolute atomic E-state index is 5.57. The van der Waals surface area contributed by atoms with E-state index in [4.69, 9.17) is 4.74 Å². The monoisotopic (exact) mass is 303 g/mol. The van der Waals surface area contributed by atoms with Crippen molar-refractivity contribution in [2.24, 2.45) is 0 Å². The molecule has 0 atom stereocenters. The number of rotatable bonds is 5. The van der Waals surface area contributed by atoms with Crippen molar-refractivity contribution in [3.05, 3.63) is 20.3 Å². The molecule has 0 spiro atoms. The molecule has 1 aliphatic carbocycles. The summed E-state index contributed by atoms with van der Waals surface area (Å²) in [5.74, 6) is 0. The smallest absolute Gasteiger partial charge is 0.0802 e. The van der Waals surface area contributed by atoms with Gasteiger partial charge in [0.25, 0.3) is 0 Å². The maximum Gasteiger partial charge on any atom is 0.0802 e. The molecule has 0 radical (unpaired) electrons. The van der Waals surface area contributed by atoms with Crippen molar-refractivity contribution in [1.82, 2.24) is 5.32 Å². The standard InChI is InChI=1S/C12H18BrNOS/c1-9-11(13)6-10(16-9)7-14-8-12(15-2)4-3-5-12/h6,14H,3-5,7-8H2,1-2H3. The topological polar surface area (TPSA) is 21.3 Å². The minimum absolute atomic E-state index is 0.129. The van der Waals surface area contributed by atoms with Crippen molar-refractivity contribution in [1.29, 1.82) is 0 Å². The van der Waals surface area contributed by atoms with E-state index in [1.54, 1.807) is 0 Å². The van der Waals surface area contributed by atoms with E-state index in [0.29, 0.717) is 0 Å². The second kappa shape index (κ2) is 5.17. The van der Waals surface area contributed by atoms with Crippen molar-refractivity contribution in [2.75, 3.05) is 13.7 Å². The lowest BCUT2D eigenvalue weighted by Crippen LogP contribution is -2.47. The van der Waals surface area contributed by atoms with Gasteiger partial charge in [-0.1, -0.05) is 0 Å². The van der Waals surface area contributed by atoms with Gasteiger partial charge in [0.2, 0.25) is 0 Å². The van der Waals surface area contributed by atoms with Gasteiger partial charge in [-0.2, -0.15) is 0 Å². The van der Waals surface area contributed by atoms with Crippen LogP contribution < -0.4 is 5.32 Å². The summed E-state index contributed by atoms with van der Waals surface area (Å²) in [5.41, 5.74) is 0.129. The lowest BCUT2D eigenvalue weighted by Gasteiger charge is -2.40. The van der Waals surface area contributed by atoms with Crippen LogP contribution in [0.25, 0.3) is 0 Å². The molecule has 0 aromatic carbocycles. The molecular weight excluding hydrogens is 286 g/mol. The van der Waals surface area contributed by atoms with E-state index in [2.05, 4.69) is 34.2 Å². The van der Waals surface area contributed by atoms with Crippen molar-refractivity contribution < 1.29 is 4.74 Å². The third kappa shape index (κ3) is 2.67. The average Bonchev–Trinajstić information content (AvgIpc) is 2.51. The first-order chi connectivity index (χ1) is 7.65. The molecule has 1 aliphatic rings.